The van der Waals surface area contributed by atoms with Gasteiger partial charge < -0.3 is 10.6 Å². The number of carbonyl (C=O) groups is 2. The van der Waals surface area contributed by atoms with Crippen LogP contribution in [-0.2, 0) is 22.2 Å². The average Bonchev–Trinajstić information content (AvgIpc) is 2.67. The molecule has 0 bridgehead atoms. The minimum atomic E-state index is -4.57. The Labute approximate surface area is 167 Å². The predicted molar refractivity (Wildman–Crippen MR) is 107 cm³/mol. The van der Waals surface area contributed by atoms with Crippen LogP contribution in [0.2, 0.25) is 0 Å². The van der Waals surface area contributed by atoms with Crippen LogP contribution in [0.25, 0.3) is 0 Å². The van der Waals surface area contributed by atoms with E-state index in [0.29, 0.717) is 12.2 Å². The molecule has 5 nitrogen and oxygen atoms in total. The van der Waals surface area contributed by atoms with Gasteiger partial charge in [-0.3, -0.25) is 14.5 Å². The molecule has 2 rings (SSSR count). The monoisotopic (exact) mass is 407 g/mol. The van der Waals surface area contributed by atoms with Gasteiger partial charge in [-0.2, -0.15) is 13.2 Å². The number of nitrogens with one attached hydrogen (secondary N) is 2. The van der Waals surface area contributed by atoms with Crippen LogP contribution < -0.4 is 10.6 Å². The van der Waals surface area contributed by atoms with Gasteiger partial charge >= 0.3 is 6.18 Å². The number of amides is 2. The maximum atomic E-state index is 13.0. The standard InChI is InChI=1S/C21H24F3N3O2/c1-3-15-9-11-16(12-10-15)25-19(28)13-27(4-2)14-20(29)26-18-8-6-5-7-17(18)21(22,23)24/h5-12H,3-4,13-14H2,1-2H3,(H,25,28)(H,26,29). The van der Waals surface area contributed by atoms with Crippen molar-refractivity contribution in [3.05, 3.63) is 59.7 Å². The number of anilines is 2. The largest absolute Gasteiger partial charge is 0.418 e. The number of halogens is 3. The zero-order chi connectivity index (χ0) is 21.4. The molecule has 0 unspecified atom stereocenters. The summed E-state index contributed by atoms with van der Waals surface area (Å²) in [6.45, 7) is 3.92. The van der Waals surface area contributed by atoms with E-state index in [2.05, 4.69) is 10.6 Å². The molecule has 0 atom stereocenters. The molecule has 0 aliphatic heterocycles. The Kier molecular flexibility index (Phi) is 7.78. The van der Waals surface area contributed by atoms with Gasteiger partial charge in [-0.25, -0.2) is 0 Å². The first-order chi connectivity index (χ1) is 13.7. The molecule has 0 heterocycles. The molecular weight excluding hydrogens is 383 g/mol. The van der Waals surface area contributed by atoms with Crippen molar-refractivity contribution in [2.45, 2.75) is 26.4 Å². The quantitative estimate of drug-likeness (QED) is 0.691. The van der Waals surface area contributed by atoms with Crippen molar-refractivity contribution in [3.8, 4) is 0 Å². The summed E-state index contributed by atoms with van der Waals surface area (Å²) >= 11 is 0. The van der Waals surface area contributed by atoms with Gasteiger partial charge in [0.05, 0.1) is 24.3 Å². The second kappa shape index (κ2) is 10.1. The number of nitrogens with zero attached hydrogens (tertiary/aromatic N) is 1. The Bertz CT molecular complexity index is 836. The Morgan fingerprint density at radius 2 is 1.48 bits per heavy atom. The first-order valence-electron chi connectivity index (χ1n) is 9.30. The van der Waals surface area contributed by atoms with E-state index in [-0.39, 0.29) is 24.7 Å². The van der Waals surface area contributed by atoms with E-state index in [1.165, 1.54) is 18.2 Å². The van der Waals surface area contributed by atoms with Crippen molar-refractivity contribution in [3.63, 3.8) is 0 Å². The highest BCUT2D eigenvalue weighted by Gasteiger charge is 2.33. The lowest BCUT2D eigenvalue weighted by Gasteiger charge is -2.20. The van der Waals surface area contributed by atoms with Gasteiger partial charge in [0, 0.05) is 5.69 Å². The lowest BCUT2D eigenvalue weighted by molar-refractivity contribution is -0.137. The highest BCUT2D eigenvalue weighted by molar-refractivity contribution is 5.95. The summed E-state index contributed by atoms with van der Waals surface area (Å²) in [5.74, 6) is -0.928. The third-order valence-electron chi connectivity index (χ3n) is 4.33. The molecule has 0 saturated carbocycles. The summed E-state index contributed by atoms with van der Waals surface area (Å²) in [4.78, 5) is 26.0. The Morgan fingerprint density at radius 1 is 0.897 bits per heavy atom. The SMILES string of the molecule is CCc1ccc(NC(=O)CN(CC)CC(=O)Nc2ccccc2C(F)(F)F)cc1. The van der Waals surface area contributed by atoms with Crippen LogP contribution in [0.15, 0.2) is 48.5 Å². The minimum absolute atomic E-state index is 0.0552. The first kappa shape index (κ1) is 22.4. The third-order valence-corrected chi connectivity index (χ3v) is 4.33. The van der Waals surface area contributed by atoms with Gasteiger partial charge in [-0.1, -0.05) is 38.1 Å². The summed E-state index contributed by atoms with van der Waals surface area (Å²) in [7, 11) is 0. The Morgan fingerprint density at radius 3 is 2.03 bits per heavy atom. The van der Waals surface area contributed by atoms with Crippen LogP contribution in [0.4, 0.5) is 24.5 Å². The van der Waals surface area contributed by atoms with Crippen LogP contribution in [0.3, 0.4) is 0 Å². The van der Waals surface area contributed by atoms with Crippen LogP contribution in [0, 0.1) is 0 Å². The number of alkyl halides is 3. The first-order valence-corrected chi connectivity index (χ1v) is 9.30. The number of carbonyl (C=O) groups excluding carboxylic acids is 2. The molecule has 2 aromatic carbocycles. The Balaban J connectivity index is 1.93. The second-order valence-corrected chi connectivity index (χ2v) is 6.49. The number of benzene rings is 2. The van der Waals surface area contributed by atoms with Gasteiger partial charge in [0.2, 0.25) is 11.8 Å². The molecule has 0 aromatic heterocycles. The molecule has 0 saturated heterocycles. The number of aryl methyl sites for hydroxylation is 1. The molecule has 2 amide bonds. The lowest BCUT2D eigenvalue weighted by atomic mass is 10.1. The van der Waals surface area contributed by atoms with Crippen molar-refractivity contribution >= 4 is 23.2 Å². The van der Waals surface area contributed by atoms with E-state index in [0.717, 1.165) is 18.1 Å². The van der Waals surface area contributed by atoms with E-state index >= 15 is 0 Å². The Hall–Kier alpha value is -2.87. The number of rotatable bonds is 8. The fraction of sp³-hybridized carbons (Fsp3) is 0.333. The summed E-state index contributed by atoms with van der Waals surface area (Å²) in [5, 5.41) is 5.03. The van der Waals surface area contributed by atoms with Crippen LogP contribution in [0.1, 0.15) is 25.0 Å². The summed E-state index contributed by atoms with van der Waals surface area (Å²) in [6, 6.07) is 12.2. The van der Waals surface area contributed by atoms with Crippen molar-refractivity contribution in [2.75, 3.05) is 30.3 Å². The molecule has 8 heteroatoms. The molecule has 2 aromatic rings. The number of hydrogen-bond acceptors (Lipinski definition) is 3. The van der Waals surface area contributed by atoms with E-state index < -0.39 is 17.6 Å². The van der Waals surface area contributed by atoms with E-state index in [4.69, 9.17) is 0 Å². The van der Waals surface area contributed by atoms with E-state index in [1.807, 2.05) is 19.1 Å². The number of hydrogen-bond donors (Lipinski definition) is 2. The van der Waals surface area contributed by atoms with Crippen molar-refractivity contribution in [1.82, 2.24) is 4.90 Å². The van der Waals surface area contributed by atoms with Crippen LogP contribution in [0.5, 0.6) is 0 Å². The minimum Gasteiger partial charge on any atom is -0.325 e. The lowest BCUT2D eigenvalue weighted by Crippen LogP contribution is -2.38. The molecule has 2 N–H and O–H groups in total. The average molecular weight is 407 g/mol. The number of para-hydroxylation sites is 1. The second-order valence-electron chi connectivity index (χ2n) is 6.49. The van der Waals surface area contributed by atoms with Crippen molar-refractivity contribution < 1.29 is 22.8 Å². The van der Waals surface area contributed by atoms with Crippen LogP contribution >= 0.6 is 0 Å². The van der Waals surface area contributed by atoms with Gasteiger partial charge in [0.25, 0.3) is 0 Å². The van der Waals surface area contributed by atoms with Crippen LogP contribution in [-0.4, -0.2) is 36.3 Å². The van der Waals surface area contributed by atoms with Crippen molar-refractivity contribution in [2.24, 2.45) is 0 Å². The number of likely N-dealkylation sites (N-methyl/N-ethyl adjacent to an activating group) is 1. The van der Waals surface area contributed by atoms with E-state index in [1.54, 1.807) is 24.0 Å². The molecule has 156 valence electrons. The molecular formula is C21H24F3N3O2. The summed E-state index contributed by atoms with van der Waals surface area (Å²) < 4.78 is 39.1. The van der Waals surface area contributed by atoms with E-state index in [9.17, 15) is 22.8 Å². The van der Waals surface area contributed by atoms with Crippen molar-refractivity contribution in [1.29, 1.82) is 0 Å². The maximum Gasteiger partial charge on any atom is 0.418 e. The predicted octanol–water partition coefficient (Wildman–Crippen LogP) is 4.17. The molecule has 0 radical (unpaired) electrons. The van der Waals surface area contributed by atoms with Gasteiger partial charge in [0.1, 0.15) is 0 Å². The molecule has 29 heavy (non-hydrogen) atoms. The van der Waals surface area contributed by atoms with Gasteiger partial charge in [0.15, 0.2) is 0 Å². The third kappa shape index (κ3) is 6.90. The smallest absolute Gasteiger partial charge is 0.325 e. The molecule has 0 spiro atoms. The zero-order valence-corrected chi connectivity index (χ0v) is 16.3. The highest BCUT2D eigenvalue weighted by atomic mass is 19.4. The zero-order valence-electron chi connectivity index (χ0n) is 16.3. The molecule has 0 aliphatic rings. The normalized spacial score (nSPS) is 11.4. The van der Waals surface area contributed by atoms with Gasteiger partial charge in [-0.15, -0.1) is 0 Å². The summed E-state index contributed by atoms with van der Waals surface area (Å²) in [5.41, 5.74) is 0.576. The topological polar surface area (TPSA) is 61.4 Å². The highest BCUT2D eigenvalue weighted by Crippen LogP contribution is 2.34. The summed E-state index contributed by atoms with van der Waals surface area (Å²) in [6.07, 6.45) is -3.67. The maximum absolute atomic E-state index is 13.0. The fourth-order valence-corrected chi connectivity index (χ4v) is 2.74. The molecule has 0 fully saturated rings. The van der Waals surface area contributed by atoms with Gasteiger partial charge in [-0.05, 0) is 42.8 Å². The molecule has 0 aliphatic carbocycles. The fourth-order valence-electron chi connectivity index (χ4n) is 2.74.